The number of rotatable bonds is 26. The SMILES string of the molecule is CSCC[C@@H]1NC(=O)[C@@H](NC(=O)[C@@H](CCCN=C(N)N)NC(C)=O)CSSC[C@@H](C(N)=O)NC(=O)[C@@H]2CCCN2C(=O)[C@H](CCCN=C(N)N)NC(=O)[C@H](Cc2ccc(O)cc2)NC(=O)[C@H](C(C)C)NC(=O)[C@H](CCCN=C(N)N)NC(=O)[C@H](CC(N)=O)NC(=O)[C@H](CC(C)C)NC1=O. The number of hydrogen-bond donors (Lipinski definition) is 19. The number of thioether (sulfide) groups is 1. The van der Waals surface area contributed by atoms with Gasteiger partial charge in [0.15, 0.2) is 17.9 Å². The number of fused-ring (bicyclic) bond motifs is 1. The van der Waals surface area contributed by atoms with E-state index in [0.717, 1.165) is 21.6 Å². The van der Waals surface area contributed by atoms with Gasteiger partial charge in [-0.15, -0.1) is 0 Å². The summed E-state index contributed by atoms with van der Waals surface area (Å²) in [7, 11) is 1.90. The Morgan fingerprint density at radius 3 is 1.69 bits per heavy atom. The number of hydrogen-bond acceptors (Lipinski definition) is 20. The zero-order chi connectivity index (χ0) is 74.1. The largest absolute Gasteiger partial charge is 0.508 e. The van der Waals surface area contributed by atoms with Crippen LogP contribution in [-0.2, 0) is 68.7 Å². The van der Waals surface area contributed by atoms with Crippen LogP contribution in [0, 0.1) is 11.8 Å². The van der Waals surface area contributed by atoms with Crippen LogP contribution in [0.15, 0.2) is 39.2 Å². The summed E-state index contributed by atoms with van der Waals surface area (Å²) >= 11 is 1.31. The van der Waals surface area contributed by atoms with Gasteiger partial charge < -0.3 is 109 Å². The van der Waals surface area contributed by atoms with Crippen molar-refractivity contribution in [1.82, 2.24) is 58.1 Å². The minimum absolute atomic E-state index is 0.00527. The zero-order valence-corrected chi connectivity index (χ0v) is 59.1. The first-order chi connectivity index (χ1) is 46.7. The lowest BCUT2D eigenvalue weighted by Crippen LogP contribution is -2.62. The number of guanidine groups is 3. The first-order valence-electron chi connectivity index (χ1n) is 32.3. The van der Waals surface area contributed by atoms with Gasteiger partial charge in [0.2, 0.25) is 76.8 Å². The molecule has 36 nitrogen and oxygen atoms in total. The third-order valence-corrected chi connectivity index (χ3v) is 18.4. The molecule has 0 aromatic heterocycles. The quantitative estimate of drug-likeness (QED) is 0.0178. The molecule has 2 aliphatic rings. The van der Waals surface area contributed by atoms with Crippen molar-refractivity contribution >= 4 is 128 Å². The van der Waals surface area contributed by atoms with Crippen molar-refractivity contribution in [2.45, 2.75) is 178 Å². The topological polar surface area (TPSA) is 611 Å². The van der Waals surface area contributed by atoms with E-state index in [1.165, 1.54) is 47.9 Å². The Morgan fingerprint density at radius 2 is 1.12 bits per heavy atom. The lowest BCUT2D eigenvalue weighted by atomic mass is 9.99. The summed E-state index contributed by atoms with van der Waals surface area (Å²) in [5.74, 6) is -14.0. The monoisotopic (exact) mass is 1450 g/mol. The molecular formula is C60H100N22O14S3. The average molecular weight is 1450 g/mol. The van der Waals surface area contributed by atoms with Gasteiger partial charge in [0, 0.05) is 51.0 Å². The average Bonchev–Trinajstić information content (AvgIpc) is 1.79. The van der Waals surface area contributed by atoms with Crippen molar-refractivity contribution in [2.24, 2.45) is 72.7 Å². The molecule has 3 rings (SSSR count). The number of amides is 13. The van der Waals surface area contributed by atoms with E-state index in [-0.39, 0.29) is 137 Å². The molecule has 39 heteroatoms. The predicted octanol–water partition coefficient (Wildman–Crippen LogP) is -5.83. The van der Waals surface area contributed by atoms with Gasteiger partial charge in [0.05, 0.1) is 6.42 Å². The van der Waals surface area contributed by atoms with Crippen LogP contribution in [-0.4, -0.2) is 221 Å². The zero-order valence-electron chi connectivity index (χ0n) is 56.6. The molecule has 2 heterocycles. The van der Waals surface area contributed by atoms with Crippen molar-refractivity contribution in [3.05, 3.63) is 29.8 Å². The second-order valence-corrected chi connectivity index (χ2v) is 28.0. The molecule has 0 radical (unpaired) electrons. The highest BCUT2D eigenvalue weighted by atomic mass is 33.1. The van der Waals surface area contributed by atoms with Gasteiger partial charge in [-0.25, -0.2) is 0 Å². The molecule has 0 spiro atoms. The van der Waals surface area contributed by atoms with Crippen molar-refractivity contribution in [3.63, 3.8) is 0 Å². The lowest BCUT2D eigenvalue weighted by molar-refractivity contribution is -0.142. The van der Waals surface area contributed by atoms with E-state index in [1.54, 1.807) is 34.0 Å². The van der Waals surface area contributed by atoms with Gasteiger partial charge in [-0.05, 0) is 106 Å². The van der Waals surface area contributed by atoms with Crippen LogP contribution >= 0.6 is 33.3 Å². The number of nitrogens with two attached hydrogens (primary N) is 8. The van der Waals surface area contributed by atoms with Crippen molar-refractivity contribution < 1.29 is 67.4 Å². The number of primary amides is 2. The molecule has 11 atom stereocenters. The standard InChI is InChI=1S/C60H100N22O14S3/c1-30(2)25-39-51(90)77-41(27-45(61)85)53(92)73-36(12-8-21-70-59(65)66)50(89)81-46(31(3)4)56(95)78-40(26-33-15-17-34(84)18-16-33)52(91)75-38(13-9-22-71-60(67)68)57(96)82-23-10-14-44(82)55(94)79-42(47(62)86)28-98-99-29-43(54(93)74-37(19-24-97-6)49(88)76-39)80-48(87)35(72-32(5)83)11-7-20-69-58(63)64/h15-18,30-31,35-44,46,84H,7-14,19-29H2,1-6H3,(H2,61,85)(H2,62,86)(H,72,83)(H,73,92)(H,74,93)(H,75,91)(H,76,88)(H,77,90)(H,78,95)(H,79,94)(H,80,87)(H,81,89)(H4,63,64,69)(H4,65,66,70)(H4,67,68,71)/t35-,36+,37+,38+,39+,40+,41+,42+,43+,44+,46+/m1/s1. The number of phenols is 1. The molecule has 2 aliphatic heterocycles. The number of nitrogens with zero attached hydrogens (tertiary/aromatic N) is 4. The first kappa shape index (κ1) is 84.2. The number of aromatic hydroxyl groups is 1. The second-order valence-electron chi connectivity index (χ2n) is 24.4. The van der Waals surface area contributed by atoms with E-state index in [4.69, 9.17) is 45.9 Å². The molecule has 0 unspecified atom stereocenters. The summed E-state index contributed by atoms with van der Waals surface area (Å²) in [6.45, 7) is 7.80. The molecule has 552 valence electrons. The summed E-state index contributed by atoms with van der Waals surface area (Å²) in [5, 5.41) is 36.4. The number of phenolic OH excluding ortho intramolecular Hbond substituents is 1. The molecule has 27 N–H and O–H groups in total. The van der Waals surface area contributed by atoms with E-state index >= 15 is 0 Å². The van der Waals surface area contributed by atoms with Gasteiger partial charge in [0.1, 0.15) is 72.2 Å². The molecule has 0 aliphatic carbocycles. The molecular weight excluding hydrogens is 1350 g/mol. The van der Waals surface area contributed by atoms with Gasteiger partial charge >= 0.3 is 0 Å². The van der Waals surface area contributed by atoms with Gasteiger partial charge in [-0.1, -0.05) is 61.4 Å². The highest BCUT2D eigenvalue weighted by Crippen LogP contribution is 2.25. The second kappa shape index (κ2) is 43.4. The number of aliphatic imine (C=N–C) groups is 3. The highest BCUT2D eigenvalue weighted by Gasteiger charge is 2.41. The van der Waals surface area contributed by atoms with Crippen molar-refractivity contribution in [1.29, 1.82) is 0 Å². The molecule has 13 amide bonds. The third-order valence-electron chi connectivity index (χ3n) is 15.3. The molecule has 99 heavy (non-hydrogen) atoms. The molecule has 0 bridgehead atoms. The van der Waals surface area contributed by atoms with Gasteiger partial charge in [0.25, 0.3) is 0 Å². The number of benzene rings is 1. The molecule has 2 saturated heterocycles. The lowest BCUT2D eigenvalue weighted by Gasteiger charge is -2.31. The van der Waals surface area contributed by atoms with Crippen LogP contribution in [0.1, 0.15) is 111 Å². The van der Waals surface area contributed by atoms with Crippen molar-refractivity contribution in [2.75, 3.05) is 49.7 Å². The third kappa shape index (κ3) is 31.2. The number of carbonyl (C=O) groups is 13. The van der Waals surface area contributed by atoms with Gasteiger partial charge in [-0.2, -0.15) is 11.8 Å². The summed E-state index contributed by atoms with van der Waals surface area (Å²) in [6.07, 6.45) is 0.886. The fraction of sp³-hybridized carbons (Fsp3) is 0.633. The van der Waals surface area contributed by atoms with Crippen LogP contribution in [0.3, 0.4) is 0 Å². The van der Waals surface area contributed by atoms with E-state index in [9.17, 15) is 67.4 Å². The normalized spacial score (nSPS) is 23.4. The Hall–Kier alpha value is -9.01. The molecule has 1 aromatic rings. The Bertz CT molecular complexity index is 3040. The van der Waals surface area contributed by atoms with Crippen LogP contribution in [0.2, 0.25) is 0 Å². The van der Waals surface area contributed by atoms with E-state index in [1.807, 2.05) is 0 Å². The summed E-state index contributed by atoms with van der Waals surface area (Å²) in [4.78, 5) is 197. The summed E-state index contributed by atoms with van der Waals surface area (Å²) in [5.41, 5.74) is 45.3. The summed E-state index contributed by atoms with van der Waals surface area (Å²) < 4.78 is 0. The van der Waals surface area contributed by atoms with Crippen molar-refractivity contribution in [3.8, 4) is 5.75 Å². The Morgan fingerprint density at radius 1 is 0.616 bits per heavy atom. The Kier molecular flexibility index (Phi) is 36.9. The van der Waals surface area contributed by atoms with Gasteiger partial charge in [-0.3, -0.25) is 77.3 Å². The van der Waals surface area contributed by atoms with E-state index in [2.05, 4.69) is 68.1 Å². The first-order valence-corrected chi connectivity index (χ1v) is 36.2. The minimum atomic E-state index is -1.81. The van der Waals surface area contributed by atoms with Crippen LogP contribution in [0.4, 0.5) is 0 Å². The minimum Gasteiger partial charge on any atom is -0.508 e. The number of nitrogens with one attached hydrogen (secondary N) is 10. The maximum atomic E-state index is 14.9. The molecule has 0 saturated carbocycles. The van der Waals surface area contributed by atoms with Crippen LogP contribution < -0.4 is 99.0 Å². The molecule has 2 fully saturated rings. The number of carbonyl (C=O) groups excluding carboxylic acids is 13. The molecule has 1 aromatic carbocycles. The maximum absolute atomic E-state index is 14.9. The fourth-order valence-corrected chi connectivity index (χ4v) is 13.1. The van der Waals surface area contributed by atoms with Crippen LogP contribution in [0.25, 0.3) is 0 Å². The van der Waals surface area contributed by atoms with E-state index in [0.29, 0.717) is 12.0 Å². The fourth-order valence-electron chi connectivity index (χ4n) is 10.3. The summed E-state index contributed by atoms with van der Waals surface area (Å²) in [6, 6.07) is -10.4. The Balaban J connectivity index is 2.31. The highest BCUT2D eigenvalue weighted by molar-refractivity contribution is 8.76. The predicted molar refractivity (Wildman–Crippen MR) is 376 cm³/mol. The Labute approximate surface area is 586 Å². The van der Waals surface area contributed by atoms with E-state index < -0.39 is 156 Å². The van der Waals surface area contributed by atoms with Crippen LogP contribution in [0.5, 0.6) is 5.75 Å². The smallest absolute Gasteiger partial charge is 0.245 e. The maximum Gasteiger partial charge on any atom is 0.245 e.